The second kappa shape index (κ2) is 6.36. The minimum absolute atomic E-state index is 0.0462. The van der Waals surface area contributed by atoms with Gasteiger partial charge in [-0.2, -0.15) is 5.10 Å². The van der Waals surface area contributed by atoms with E-state index in [0.717, 1.165) is 18.5 Å². The zero-order chi connectivity index (χ0) is 14.6. The Balaban J connectivity index is 1.94. The molecule has 1 aromatic rings. The second-order valence-electron chi connectivity index (χ2n) is 4.97. The average Bonchev–Trinajstić information content (AvgIpc) is 2.99. The fourth-order valence-electron chi connectivity index (χ4n) is 2.14. The van der Waals surface area contributed by atoms with Crippen molar-refractivity contribution in [3.8, 4) is 0 Å². The van der Waals surface area contributed by atoms with Crippen LogP contribution in [0.1, 0.15) is 35.9 Å². The standard InChI is InChI=1S/C12H19N3O4S/c1-2-3-10-6-11(14-13-10)12(16)15-20(17,18)8-9-4-5-19-7-9/h6,9H,2-5,7-8H2,1H3,(H,13,14)(H,15,16)/t9-/m0/s1. The molecule has 0 unspecified atom stereocenters. The third-order valence-electron chi connectivity index (χ3n) is 3.11. The van der Waals surface area contributed by atoms with Crippen LogP contribution in [0.4, 0.5) is 0 Å². The minimum Gasteiger partial charge on any atom is -0.381 e. The largest absolute Gasteiger partial charge is 0.381 e. The fraction of sp³-hybridized carbons (Fsp3) is 0.667. The zero-order valence-electron chi connectivity index (χ0n) is 11.4. The number of hydrogen-bond acceptors (Lipinski definition) is 5. The Morgan fingerprint density at radius 1 is 1.60 bits per heavy atom. The van der Waals surface area contributed by atoms with E-state index in [1.807, 2.05) is 6.92 Å². The highest BCUT2D eigenvalue weighted by atomic mass is 32.2. The Hall–Kier alpha value is -1.41. The van der Waals surface area contributed by atoms with Gasteiger partial charge < -0.3 is 4.74 Å². The van der Waals surface area contributed by atoms with Gasteiger partial charge in [-0.25, -0.2) is 13.1 Å². The lowest BCUT2D eigenvalue weighted by Crippen LogP contribution is -2.35. The van der Waals surface area contributed by atoms with Gasteiger partial charge in [0.05, 0.1) is 12.4 Å². The number of carbonyl (C=O) groups is 1. The predicted molar refractivity (Wildman–Crippen MR) is 72.8 cm³/mol. The van der Waals surface area contributed by atoms with E-state index >= 15 is 0 Å². The summed E-state index contributed by atoms with van der Waals surface area (Å²) < 4.78 is 30.9. The molecule has 1 atom stereocenters. The van der Waals surface area contributed by atoms with Gasteiger partial charge in [-0.05, 0) is 18.9 Å². The Morgan fingerprint density at radius 2 is 2.40 bits per heavy atom. The Labute approximate surface area is 118 Å². The Morgan fingerprint density at radius 3 is 3.05 bits per heavy atom. The molecule has 1 aliphatic rings. The normalized spacial score (nSPS) is 19.1. The number of aryl methyl sites for hydroxylation is 1. The third kappa shape index (κ3) is 4.04. The molecule has 20 heavy (non-hydrogen) atoms. The first kappa shape index (κ1) is 15.0. The van der Waals surface area contributed by atoms with Crippen LogP contribution < -0.4 is 4.72 Å². The van der Waals surface area contributed by atoms with Gasteiger partial charge in [-0.15, -0.1) is 0 Å². The highest BCUT2D eigenvalue weighted by molar-refractivity contribution is 7.90. The van der Waals surface area contributed by atoms with Crippen molar-refractivity contribution < 1.29 is 17.9 Å². The number of H-pyrrole nitrogens is 1. The number of aromatic amines is 1. The molecule has 0 radical (unpaired) electrons. The first-order chi connectivity index (χ1) is 9.50. The topological polar surface area (TPSA) is 101 Å². The maximum absolute atomic E-state index is 11.9. The Bertz CT molecular complexity index is 561. The number of sulfonamides is 1. The van der Waals surface area contributed by atoms with Crippen LogP contribution >= 0.6 is 0 Å². The van der Waals surface area contributed by atoms with Gasteiger partial charge >= 0.3 is 0 Å². The van der Waals surface area contributed by atoms with Gasteiger partial charge in [-0.1, -0.05) is 13.3 Å². The monoisotopic (exact) mass is 301 g/mol. The minimum atomic E-state index is -3.65. The zero-order valence-corrected chi connectivity index (χ0v) is 12.2. The lowest BCUT2D eigenvalue weighted by molar-refractivity contribution is 0.0976. The SMILES string of the molecule is CCCc1cc(C(=O)NS(=O)(=O)C[C@H]2CCOC2)n[nH]1. The van der Waals surface area contributed by atoms with Gasteiger partial charge in [0.15, 0.2) is 5.69 Å². The molecular weight excluding hydrogens is 282 g/mol. The summed E-state index contributed by atoms with van der Waals surface area (Å²) >= 11 is 0. The molecule has 1 aromatic heterocycles. The molecule has 1 aliphatic heterocycles. The maximum atomic E-state index is 11.9. The first-order valence-electron chi connectivity index (χ1n) is 6.67. The lowest BCUT2D eigenvalue weighted by atomic mass is 10.2. The molecule has 1 amide bonds. The third-order valence-corrected chi connectivity index (χ3v) is 4.52. The van der Waals surface area contributed by atoms with Gasteiger partial charge in [0.25, 0.3) is 5.91 Å². The van der Waals surface area contributed by atoms with Crippen molar-refractivity contribution in [2.75, 3.05) is 19.0 Å². The summed E-state index contributed by atoms with van der Waals surface area (Å²) in [6.07, 6.45) is 2.40. The van der Waals surface area contributed by atoms with E-state index in [4.69, 9.17) is 4.74 Å². The van der Waals surface area contributed by atoms with E-state index in [9.17, 15) is 13.2 Å². The summed E-state index contributed by atoms with van der Waals surface area (Å²) in [7, 11) is -3.65. The number of nitrogens with one attached hydrogen (secondary N) is 2. The van der Waals surface area contributed by atoms with Gasteiger partial charge in [-0.3, -0.25) is 9.89 Å². The van der Waals surface area contributed by atoms with E-state index < -0.39 is 15.9 Å². The molecule has 0 bridgehead atoms. The number of nitrogens with zero attached hydrogens (tertiary/aromatic N) is 1. The van der Waals surface area contributed by atoms with Crippen molar-refractivity contribution in [3.63, 3.8) is 0 Å². The van der Waals surface area contributed by atoms with E-state index in [0.29, 0.717) is 19.6 Å². The predicted octanol–water partition coefficient (Wildman–Crippen LogP) is 0.458. The van der Waals surface area contributed by atoms with Crippen molar-refractivity contribution in [3.05, 3.63) is 17.5 Å². The molecule has 2 heterocycles. The number of ether oxygens (including phenoxy) is 1. The van der Waals surface area contributed by atoms with E-state index in [1.54, 1.807) is 6.07 Å². The van der Waals surface area contributed by atoms with Crippen molar-refractivity contribution >= 4 is 15.9 Å². The van der Waals surface area contributed by atoms with E-state index in [2.05, 4.69) is 14.9 Å². The van der Waals surface area contributed by atoms with E-state index in [1.165, 1.54) is 0 Å². The van der Waals surface area contributed by atoms with Gasteiger partial charge in [0, 0.05) is 18.2 Å². The summed E-state index contributed by atoms with van der Waals surface area (Å²) in [6, 6.07) is 1.58. The van der Waals surface area contributed by atoms with Crippen molar-refractivity contribution in [2.24, 2.45) is 5.92 Å². The number of carbonyl (C=O) groups excluding carboxylic acids is 1. The van der Waals surface area contributed by atoms with Crippen LogP contribution in [-0.2, 0) is 21.2 Å². The lowest BCUT2D eigenvalue weighted by Gasteiger charge is -2.09. The van der Waals surface area contributed by atoms with Crippen LogP contribution in [0.15, 0.2) is 6.07 Å². The second-order valence-corrected chi connectivity index (χ2v) is 6.74. The maximum Gasteiger partial charge on any atom is 0.285 e. The molecule has 0 aliphatic carbocycles. The molecule has 1 saturated heterocycles. The van der Waals surface area contributed by atoms with Crippen LogP contribution in [0.3, 0.4) is 0 Å². The summed E-state index contributed by atoms with van der Waals surface area (Å²) in [4.78, 5) is 11.8. The van der Waals surface area contributed by atoms with Crippen LogP contribution in [0.5, 0.6) is 0 Å². The van der Waals surface area contributed by atoms with E-state index in [-0.39, 0.29) is 17.4 Å². The number of aromatic nitrogens is 2. The fourth-order valence-corrected chi connectivity index (χ4v) is 3.49. The summed E-state index contributed by atoms with van der Waals surface area (Å²) in [5, 5.41) is 6.55. The molecule has 0 spiro atoms. The first-order valence-corrected chi connectivity index (χ1v) is 8.32. The van der Waals surface area contributed by atoms with Crippen LogP contribution in [-0.4, -0.2) is 43.5 Å². The molecule has 7 nitrogen and oxygen atoms in total. The molecule has 0 saturated carbocycles. The summed E-state index contributed by atoms with van der Waals surface area (Å²) in [5.41, 5.74) is 0.916. The molecule has 112 valence electrons. The van der Waals surface area contributed by atoms with Crippen LogP contribution in [0.25, 0.3) is 0 Å². The smallest absolute Gasteiger partial charge is 0.285 e. The molecule has 0 aromatic carbocycles. The van der Waals surface area contributed by atoms with Crippen LogP contribution in [0, 0.1) is 5.92 Å². The van der Waals surface area contributed by atoms with Crippen LogP contribution in [0.2, 0.25) is 0 Å². The number of rotatable bonds is 6. The molecule has 8 heteroatoms. The highest BCUT2D eigenvalue weighted by Gasteiger charge is 2.25. The van der Waals surface area contributed by atoms with Crippen molar-refractivity contribution in [1.29, 1.82) is 0 Å². The van der Waals surface area contributed by atoms with Crippen molar-refractivity contribution in [1.82, 2.24) is 14.9 Å². The summed E-state index contributed by atoms with van der Waals surface area (Å²) in [6.45, 7) is 3.01. The summed E-state index contributed by atoms with van der Waals surface area (Å²) in [5.74, 6) is -0.831. The number of amides is 1. The van der Waals surface area contributed by atoms with Gasteiger partial charge in [0.1, 0.15) is 0 Å². The Kier molecular flexibility index (Phi) is 4.77. The molecule has 2 rings (SSSR count). The number of hydrogen-bond donors (Lipinski definition) is 2. The van der Waals surface area contributed by atoms with Crippen molar-refractivity contribution in [2.45, 2.75) is 26.2 Å². The molecule has 2 N–H and O–H groups in total. The highest BCUT2D eigenvalue weighted by Crippen LogP contribution is 2.14. The molecular formula is C12H19N3O4S. The molecule has 1 fully saturated rings. The average molecular weight is 301 g/mol. The quantitative estimate of drug-likeness (QED) is 0.795. The van der Waals surface area contributed by atoms with Gasteiger partial charge in [0.2, 0.25) is 10.0 Å².